The predicted molar refractivity (Wildman–Crippen MR) is 58.3 cm³/mol. The first-order valence-electron chi connectivity index (χ1n) is 4.64. The third-order valence-electron chi connectivity index (χ3n) is 2.17. The van der Waals surface area contributed by atoms with Gasteiger partial charge >= 0.3 is 4.60 Å². The molecule has 1 aromatic heterocycles. The molecule has 0 fully saturated rings. The maximum Gasteiger partial charge on any atom is 0.305 e. The largest absolute Gasteiger partial charge is 0.538 e. The summed E-state index contributed by atoms with van der Waals surface area (Å²) in [6, 6.07) is 5.13. The quantitative estimate of drug-likeness (QED) is 0.784. The molecule has 90 valence electrons. The Morgan fingerprint density at radius 3 is 2.65 bits per heavy atom. The Morgan fingerprint density at radius 1 is 1.35 bits per heavy atom. The fourth-order valence-electron chi connectivity index (χ4n) is 1.35. The van der Waals surface area contributed by atoms with Gasteiger partial charge in [-0.15, -0.1) is 0 Å². The van der Waals surface area contributed by atoms with E-state index >= 15 is 0 Å². The molecule has 0 spiro atoms. The molecular weight excluding hydrogens is 292 g/mol. The summed E-state index contributed by atoms with van der Waals surface area (Å²) >= 11 is 3.09. The van der Waals surface area contributed by atoms with Crippen molar-refractivity contribution >= 4 is 15.9 Å². The van der Waals surface area contributed by atoms with Crippen molar-refractivity contribution in [3.05, 3.63) is 22.8 Å². The van der Waals surface area contributed by atoms with Gasteiger partial charge in [-0.3, -0.25) is 0 Å². The molecular formula is C10H9BrN2O4. The molecule has 17 heavy (non-hydrogen) atoms. The van der Waals surface area contributed by atoms with Gasteiger partial charge in [0.25, 0.3) is 5.69 Å². The van der Waals surface area contributed by atoms with Crippen molar-refractivity contribution < 1.29 is 23.8 Å². The second kappa shape index (κ2) is 4.62. The van der Waals surface area contributed by atoms with E-state index in [1.807, 2.05) is 0 Å². The highest BCUT2D eigenvalue weighted by Crippen LogP contribution is 2.26. The van der Waals surface area contributed by atoms with Crippen LogP contribution < -0.4 is 19.3 Å². The molecule has 0 unspecified atom stereocenters. The zero-order chi connectivity index (χ0) is 12.4. The van der Waals surface area contributed by atoms with Crippen LogP contribution >= 0.6 is 15.9 Å². The third-order valence-corrected chi connectivity index (χ3v) is 2.83. The Bertz CT molecular complexity index is 541. The van der Waals surface area contributed by atoms with E-state index in [-0.39, 0.29) is 4.60 Å². The number of aromatic nitrogens is 2. The zero-order valence-electron chi connectivity index (χ0n) is 9.14. The lowest BCUT2D eigenvalue weighted by atomic mass is 10.3. The fourth-order valence-corrected chi connectivity index (χ4v) is 1.68. The second-order valence-electron chi connectivity index (χ2n) is 3.10. The SMILES string of the molecule is COc1ccc(-[n+]2noc([O-])c2Br)c(OC)c1. The van der Waals surface area contributed by atoms with Crippen molar-refractivity contribution in [2.45, 2.75) is 0 Å². The van der Waals surface area contributed by atoms with Crippen molar-refractivity contribution in [2.75, 3.05) is 14.2 Å². The summed E-state index contributed by atoms with van der Waals surface area (Å²) in [5.74, 6) is 0.611. The van der Waals surface area contributed by atoms with E-state index in [0.29, 0.717) is 17.2 Å². The van der Waals surface area contributed by atoms with E-state index in [1.54, 1.807) is 25.3 Å². The van der Waals surface area contributed by atoms with E-state index in [0.717, 1.165) is 0 Å². The molecule has 0 atom stereocenters. The van der Waals surface area contributed by atoms with Gasteiger partial charge in [0.15, 0.2) is 11.7 Å². The van der Waals surface area contributed by atoms with Gasteiger partial charge in [-0.2, -0.15) is 0 Å². The van der Waals surface area contributed by atoms with Crippen LogP contribution in [0.15, 0.2) is 27.3 Å². The smallest absolute Gasteiger partial charge is 0.305 e. The summed E-state index contributed by atoms with van der Waals surface area (Å²) in [5, 5.41) is 14.8. The highest BCUT2D eigenvalue weighted by Gasteiger charge is 2.22. The first-order chi connectivity index (χ1) is 8.17. The highest BCUT2D eigenvalue weighted by molar-refractivity contribution is 9.10. The van der Waals surface area contributed by atoms with Gasteiger partial charge in [-0.25, -0.2) is 0 Å². The summed E-state index contributed by atoms with van der Waals surface area (Å²) < 4.78 is 16.3. The number of hydrogen-bond donors (Lipinski definition) is 0. The average molecular weight is 301 g/mol. The lowest BCUT2D eigenvalue weighted by Crippen LogP contribution is -2.34. The molecule has 0 amide bonds. The van der Waals surface area contributed by atoms with E-state index in [1.165, 1.54) is 11.8 Å². The lowest BCUT2D eigenvalue weighted by Gasteiger charge is -2.04. The van der Waals surface area contributed by atoms with Crippen molar-refractivity contribution in [3.8, 4) is 23.1 Å². The summed E-state index contributed by atoms with van der Waals surface area (Å²) in [6.45, 7) is 0. The summed E-state index contributed by atoms with van der Waals surface area (Å²) in [7, 11) is 3.08. The van der Waals surface area contributed by atoms with Crippen LogP contribution in [0.5, 0.6) is 17.4 Å². The number of halogens is 1. The minimum Gasteiger partial charge on any atom is -0.538 e. The first kappa shape index (κ1) is 11.7. The molecule has 2 rings (SSSR count). The molecule has 0 aliphatic carbocycles. The maximum absolute atomic E-state index is 11.2. The molecule has 0 saturated heterocycles. The number of rotatable bonds is 3. The molecule has 6 nitrogen and oxygen atoms in total. The molecule has 0 bridgehead atoms. The van der Waals surface area contributed by atoms with E-state index in [9.17, 15) is 5.11 Å². The third kappa shape index (κ3) is 2.05. The summed E-state index contributed by atoms with van der Waals surface area (Å²) in [6.07, 6.45) is 0. The minimum atomic E-state index is -0.553. The number of nitrogens with zero attached hydrogens (tertiary/aromatic N) is 2. The highest BCUT2D eigenvalue weighted by atomic mass is 79.9. The Balaban J connectivity index is 2.55. The summed E-state index contributed by atoms with van der Waals surface area (Å²) in [5.41, 5.74) is 0.575. The number of hydrogen-bond acceptors (Lipinski definition) is 5. The van der Waals surface area contributed by atoms with Crippen LogP contribution in [0, 0.1) is 0 Å². The normalized spacial score (nSPS) is 10.3. The Kier molecular flexibility index (Phi) is 3.19. The topological polar surface area (TPSA) is 71.4 Å². The predicted octanol–water partition coefficient (Wildman–Crippen LogP) is 0.805. The van der Waals surface area contributed by atoms with E-state index in [2.05, 4.69) is 25.7 Å². The monoisotopic (exact) mass is 300 g/mol. The Hall–Kier alpha value is -1.76. The van der Waals surface area contributed by atoms with Crippen LogP contribution in [0.1, 0.15) is 0 Å². The Labute approximate surface area is 105 Å². The van der Waals surface area contributed by atoms with Crippen molar-refractivity contribution in [1.29, 1.82) is 0 Å². The molecule has 0 N–H and O–H groups in total. The standard InChI is InChI=1S/C10H9BrN2O4/c1-15-6-3-4-7(8(5-6)16-2)13-9(11)10(14)17-12-13/h3-5H,1-2H3. The van der Waals surface area contributed by atoms with Crippen LogP contribution in [0.25, 0.3) is 5.69 Å². The maximum atomic E-state index is 11.2. The first-order valence-corrected chi connectivity index (χ1v) is 5.43. The van der Waals surface area contributed by atoms with Crippen LogP contribution in [0.4, 0.5) is 0 Å². The van der Waals surface area contributed by atoms with Gasteiger partial charge in [-0.1, -0.05) is 0 Å². The van der Waals surface area contributed by atoms with Crippen LogP contribution in [0.3, 0.4) is 0 Å². The zero-order valence-corrected chi connectivity index (χ0v) is 10.7. The van der Waals surface area contributed by atoms with Gasteiger partial charge in [0, 0.05) is 28.1 Å². The minimum absolute atomic E-state index is 0.195. The van der Waals surface area contributed by atoms with E-state index in [4.69, 9.17) is 9.47 Å². The second-order valence-corrected chi connectivity index (χ2v) is 3.85. The van der Waals surface area contributed by atoms with Gasteiger partial charge in [0.2, 0.25) is 0 Å². The summed E-state index contributed by atoms with van der Waals surface area (Å²) in [4.78, 5) is 0. The van der Waals surface area contributed by atoms with Crippen LogP contribution in [-0.4, -0.2) is 19.5 Å². The van der Waals surface area contributed by atoms with Crippen molar-refractivity contribution in [2.24, 2.45) is 0 Å². The Morgan fingerprint density at radius 2 is 2.12 bits per heavy atom. The molecule has 0 aliphatic rings. The molecule has 0 radical (unpaired) electrons. The molecule has 1 heterocycles. The fraction of sp³-hybridized carbons (Fsp3) is 0.200. The van der Waals surface area contributed by atoms with Gasteiger partial charge < -0.3 is 19.1 Å². The van der Waals surface area contributed by atoms with Crippen molar-refractivity contribution in [3.63, 3.8) is 0 Å². The van der Waals surface area contributed by atoms with Gasteiger partial charge in [-0.05, 0) is 10.7 Å². The van der Waals surface area contributed by atoms with Gasteiger partial charge in [0.1, 0.15) is 5.75 Å². The molecule has 0 aliphatic heterocycles. The number of benzene rings is 1. The molecule has 7 heteroatoms. The van der Waals surface area contributed by atoms with Gasteiger partial charge in [0.05, 0.1) is 19.5 Å². The lowest BCUT2D eigenvalue weighted by molar-refractivity contribution is -0.681. The average Bonchev–Trinajstić information content (AvgIpc) is 2.69. The molecule has 1 aromatic carbocycles. The number of ether oxygens (including phenoxy) is 2. The van der Waals surface area contributed by atoms with E-state index < -0.39 is 5.95 Å². The van der Waals surface area contributed by atoms with Crippen molar-refractivity contribution in [1.82, 2.24) is 5.27 Å². The number of methoxy groups -OCH3 is 2. The van der Waals surface area contributed by atoms with Crippen LogP contribution in [0.2, 0.25) is 0 Å². The molecule has 2 aromatic rings. The van der Waals surface area contributed by atoms with Crippen LogP contribution in [-0.2, 0) is 0 Å². The molecule has 0 saturated carbocycles.